The molecule has 2 N–H and O–H groups in total. The first-order chi connectivity index (χ1) is 12.4. The summed E-state index contributed by atoms with van der Waals surface area (Å²) in [5.41, 5.74) is 3.25. The van der Waals surface area contributed by atoms with Gasteiger partial charge in [-0.25, -0.2) is 4.57 Å². The van der Waals surface area contributed by atoms with E-state index in [1.165, 1.54) is 0 Å². The van der Waals surface area contributed by atoms with Gasteiger partial charge in [0.15, 0.2) is 17.6 Å². The summed E-state index contributed by atoms with van der Waals surface area (Å²) in [6, 6.07) is 18.5. The molecule has 2 heterocycles. The molecule has 1 saturated heterocycles. The number of aromatic nitrogens is 2. The van der Waals surface area contributed by atoms with Crippen LogP contribution in [0.2, 0.25) is 0 Å². The molecule has 1 unspecified atom stereocenters. The smallest absolute Gasteiger partial charge is 0.265 e. The molecule has 3 aromatic rings. The summed E-state index contributed by atoms with van der Waals surface area (Å²) in [5, 5.41) is 14.2. The maximum atomic E-state index is 11.0. The molecule has 0 bridgehead atoms. The third kappa shape index (κ3) is 3.14. The van der Waals surface area contributed by atoms with Crippen molar-refractivity contribution in [2.75, 3.05) is 6.61 Å². The normalized spacial score (nSPS) is 23.6. The first-order valence-corrected chi connectivity index (χ1v) is 9.05. The second-order valence-corrected chi connectivity index (χ2v) is 8.10. The number of rotatable bonds is 3. The number of ether oxygens (including phenoxy) is 1. The fraction of sp³-hybridized carbons (Fsp3) is 0.381. The van der Waals surface area contributed by atoms with Gasteiger partial charge in [-0.2, -0.15) is 4.57 Å². The average Bonchev–Trinajstić information content (AvgIpc) is 3.18. The van der Waals surface area contributed by atoms with E-state index < -0.39 is 5.91 Å². The summed E-state index contributed by atoms with van der Waals surface area (Å²) >= 11 is 0. The van der Waals surface area contributed by atoms with Gasteiger partial charge < -0.3 is 9.84 Å². The van der Waals surface area contributed by atoms with Crippen LogP contribution in [0, 0.1) is 5.41 Å². The molecular weight excluding hydrogens is 326 g/mol. The Morgan fingerprint density at radius 1 is 1.15 bits per heavy atom. The lowest BCUT2D eigenvalue weighted by atomic mass is 9.88. The number of nitrogens with one attached hydrogen (secondary N) is 1. The Balaban J connectivity index is 1.70. The monoisotopic (exact) mass is 352 g/mol. The Morgan fingerprint density at radius 3 is 2.54 bits per heavy atom. The molecule has 1 aromatic heterocycles. The standard InChI is InChI=1S/C21H26N3O2/c1-20(2,3)19-13-26-21(25,22-19)14-23-15-24(16-9-5-4-6-10-16)18-12-8-7-11-17(18)23/h4-12,15,19,22,25H,13-14H2,1-3H3/q+1/t19-,21?/m1/s1. The molecule has 136 valence electrons. The van der Waals surface area contributed by atoms with E-state index in [4.69, 9.17) is 4.74 Å². The highest BCUT2D eigenvalue weighted by molar-refractivity contribution is 5.73. The minimum Gasteiger partial charge on any atom is -0.350 e. The summed E-state index contributed by atoms with van der Waals surface area (Å²) < 4.78 is 9.94. The molecule has 4 rings (SSSR count). The van der Waals surface area contributed by atoms with Gasteiger partial charge in [0.25, 0.3) is 5.91 Å². The zero-order valence-corrected chi connectivity index (χ0v) is 15.5. The molecule has 1 aliphatic rings. The number of hydrogen-bond acceptors (Lipinski definition) is 3. The summed E-state index contributed by atoms with van der Waals surface area (Å²) in [5.74, 6) is -1.37. The SMILES string of the molecule is CC(C)(C)[C@H]1COC(O)(C[n+]2cn(-c3ccccc3)c3ccccc32)N1. The van der Waals surface area contributed by atoms with Gasteiger partial charge >= 0.3 is 0 Å². The van der Waals surface area contributed by atoms with Gasteiger partial charge in [0.2, 0.25) is 6.33 Å². The average molecular weight is 352 g/mol. The largest absolute Gasteiger partial charge is 0.350 e. The van der Waals surface area contributed by atoms with Crippen molar-refractivity contribution in [2.45, 2.75) is 39.3 Å². The lowest BCUT2D eigenvalue weighted by Crippen LogP contribution is -2.56. The van der Waals surface area contributed by atoms with Crippen LogP contribution in [-0.4, -0.2) is 28.2 Å². The van der Waals surface area contributed by atoms with Crippen LogP contribution in [0.3, 0.4) is 0 Å². The maximum absolute atomic E-state index is 11.0. The zero-order valence-electron chi connectivity index (χ0n) is 15.5. The van der Waals surface area contributed by atoms with E-state index in [-0.39, 0.29) is 11.5 Å². The highest BCUT2D eigenvalue weighted by Crippen LogP contribution is 2.27. The Hall–Kier alpha value is -2.21. The van der Waals surface area contributed by atoms with Crippen LogP contribution in [0.25, 0.3) is 16.7 Å². The molecule has 0 amide bonds. The Morgan fingerprint density at radius 2 is 1.85 bits per heavy atom. The molecule has 0 spiro atoms. The maximum Gasteiger partial charge on any atom is 0.265 e. The van der Waals surface area contributed by atoms with Crippen LogP contribution in [0.5, 0.6) is 0 Å². The minimum atomic E-state index is -1.37. The molecule has 1 aliphatic heterocycles. The molecule has 1 fully saturated rings. The van der Waals surface area contributed by atoms with E-state index in [1.807, 2.05) is 41.2 Å². The van der Waals surface area contributed by atoms with Crippen molar-refractivity contribution in [3.63, 3.8) is 0 Å². The quantitative estimate of drug-likeness (QED) is 0.713. The summed E-state index contributed by atoms with van der Waals surface area (Å²) in [6.07, 6.45) is 2.02. The van der Waals surface area contributed by atoms with Gasteiger partial charge in [-0.05, 0) is 29.7 Å². The summed E-state index contributed by atoms with van der Waals surface area (Å²) in [6.45, 7) is 7.26. The van der Waals surface area contributed by atoms with Crippen molar-refractivity contribution in [2.24, 2.45) is 5.41 Å². The van der Waals surface area contributed by atoms with Crippen LogP contribution >= 0.6 is 0 Å². The van der Waals surface area contributed by atoms with Crippen molar-refractivity contribution in [1.82, 2.24) is 9.88 Å². The van der Waals surface area contributed by atoms with Gasteiger partial charge in [0.1, 0.15) is 5.69 Å². The van der Waals surface area contributed by atoms with Gasteiger partial charge in [-0.3, -0.25) is 5.32 Å². The second-order valence-electron chi connectivity index (χ2n) is 8.10. The van der Waals surface area contributed by atoms with Crippen molar-refractivity contribution in [3.05, 3.63) is 60.9 Å². The highest BCUT2D eigenvalue weighted by Gasteiger charge is 2.44. The topological polar surface area (TPSA) is 50.3 Å². The Bertz CT molecular complexity index is 914. The van der Waals surface area contributed by atoms with Gasteiger partial charge in [-0.15, -0.1) is 0 Å². The second kappa shape index (κ2) is 6.20. The predicted octanol–water partition coefficient (Wildman–Crippen LogP) is 2.60. The van der Waals surface area contributed by atoms with Crippen LogP contribution in [-0.2, 0) is 11.3 Å². The zero-order chi connectivity index (χ0) is 18.4. The molecular formula is C21H26N3O2+. The van der Waals surface area contributed by atoms with Gasteiger partial charge in [0, 0.05) is 6.04 Å². The van der Waals surface area contributed by atoms with Crippen molar-refractivity contribution in [1.29, 1.82) is 0 Å². The van der Waals surface area contributed by atoms with Crippen molar-refractivity contribution < 1.29 is 14.4 Å². The molecule has 0 radical (unpaired) electrons. The molecule has 2 aromatic carbocycles. The van der Waals surface area contributed by atoms with Crippen LogP contribution in [0.4, 0.5) is 0 Å². The fourth-order valence-electron chi connectivity index (χ4n) is 3.46. The lowest BCUT2D eigenvalue weighted by molar-refractivity contribution is -0.697. The van der Waals surface area contributed by atoms with E-state index >= 15 is 0 Å². The number of hydrogen-bond donors (Lipinski definition) is 2. The highest BCUT2D eigenvalue weighted by atomic mass is 16.7. The molecule has 26 heavy (non-hydrogen) atoms. The number of aliphatic hydroxyl groups is 1. The Labute approximate surface area is 153 Å². The number of nitrogens with zero attached hydrogens (tertiary/aromatic N) is 2. The Kier molecular flexibility index (Phi) is 4.10. The van der Waals surface area contributed by atoms with E-state index in [9.17, 15) is 5.11 Å². The number of para-hydroxylation sites is 3. The van der Waals surface area contributed by atoms with E-state index in [2.05, 4.69) is 54.9 Å². The van der Waals surface area contributed by atoms with E-state index in [0.717, 1.165) is 16.7 Å². The molecule has 5 nitrogen and oxygen atoms in total. The summed E-state index contributed by atoms with van der Waals surface area (Å²) in [4.78, 5) is 0. The minimum absolute atomic E-state index is 0.0210. The third-order valence-corrected chi connectivity index (χ3v) is 5.06. The first kappa shape index (κ1) is 17.2. The van der Waals surface area contributed by atoms with Crippen molar-refractivity contribution >= 4 is 11.0 Å². The van der Waals surface area contributed by atoms with Crippen LogP contribution in [0.15, 0.2) is 60.9 Å². The lowest BCUT2D eigenvalue weighted by Gasteiger charge is -2.27. The molecule has 5 heteroatoms. The number of fused-ring (bicyclic) bond motifs is 1. The third-order valence-electron chi connectivity index (χ3n) is 5.06. The predicted molar refractivity (Wildman–Crippen MR) is 101 cm³/mol. The van der Waals surface area contributed by atoms with Crippen LogP contribution < -0.4 is 9.88 Å². The first-order valence-electron chi connectivity index (χ1n) is 9.05. The molecule has 2 atom stereocenters. The van der Waals surface area contributed by atoms with Gasteiger partial charge in [-0.1, -0.05) is 51.1 Å². The number of benzene rings is 2. The van der Waals surface area contributed by atoms with Gasteiger partial charge in [0.05, 0.1) is 6.61 Å². The van der Waals surface area contributed by atoms with E-state index in [0.29, 0.717) is 13.2 Å². The van der Waals surface area contributed by atoms with Crippen LogP contribution in [0.1, 0.15) is 20.8 Å². The molecule has 0 aliphatic carbocycles. The number of imidazole rings is 1. The fourth-order valence-corrected chi connectivity index (χ4v) is 3.46. The summed E-state index contributed by atoms with van der Waals surface area (Å²) in [7, 11) is 0. The van der Waals surface area contributed by atoms with E-state index in [1.54, 1.807) is 0 Å². The molecule has 0 saturated carbocycles. The van der Waals surface area contributed by atoms with Crippen molar-refractivity contribution in [3.8, 4) is 5.69 Å².